The second-order valence-electron chi connectivity index (χ2n) is 8.93. The van der Waals surface area contributed by atoms with Gasteiger partial charge in [0.1, 0.15) is 23.5 Å². The molecule has 0 unspecified atom stereocenters. The molecule has 0 atom stereocenters. The van der Waals surface area contributed by atoms with Crippen molar-refractivity contribution in [2.45, 2.75) is 45.7 Å². The maximum absolute atomic E-state index is 13.0. The first-order chi connectivity index (χ1) is 17.1. The van der Waals surface area contributed by atoms with Crippen LogP contribution in [0.5, 0.6) is 0 Å². The fraction of sp³-hybridized carbons (Fsp3) is 0.269. The van der Waals surface area contributed by atoms with Crippen molar-refractivity contribution in [2.75, 3.05) is 5.32 Å². The number of nitrogens with zero attached hydrogens (tertiary/aromatic N) is 5. The summed E-state index contributed by atoms with van der Waals surface area (Å²) >= 11 is 0. The van der Waals surface area contributed by atoms with Crippen molar-refractivity contribution in [1.29, 1.82) is 0 Å². The van der Waals surface area contributed by atoms with Gasteiger partial charge in [-0.3, -0.25) is 14.2 Å². The van der Waals surface area contributed by atoms with E-state index in [1.807, 2.05) is 43.3 Å². The summed E-state index contributed by atoms with van der Waals surface area (Å²) in [6.07, 6.45) is 5.74. The number of fused-ring (bicyclic) bond motifs is 4. The lowest BCUT2D eigenvalue weighted by molar-refractivity contribution is -0.116. The Balaban J connectivity index is 1.27. The normalized spacial score (nSPS) is 13.6. The molecule has 9 nitrogen and oxygen atoms in total. The summed E-state index contributed by atoms with van der Waals surface area (Å²) in [5.74, 6) is 1.49. The number of nitrogens with one attached hydrogen (secondary N) is 1. The van der Waals surface area contributed by atoms with Gasteiger partial charge in [-0.05, 0) is 43.5 Å². The Labute approximate surface area is 200 Å². The lowest BCUT2D eigenvalue weighted by atomic mass is 10.1. The summed E-state index contributed by atoms with van der Waals surface area (Å²) in [5.41, 5.74) is 3.32. The molecule has 1 amide bonds. The molecule has 1 aliphatic heterocycles. The first kappa shape index (κ1) is 21.3. The summed E-state index contributed by atoms with van der Waals surface area (Å²) in [6, 6.07) is 13.2. The maximum atomic E-state index is 13.0. The van der Waals surface area contributed by atoms with Gasteiger partial charge < -0.3 is 14.3 Å². The maximum Gasteiger partial charge on any atom is 0.297 e. The third-order valence-corrected chi connectivity index (χ3v) is 6.54. The van der Waals surface area contributed by atoms with E-state index in [0.717, 1.165) is 54.0 Å². The van der Waals surface area contributed by atoms with Crippen LogP contribution in [0.3, 0.4) is 0 Å². The van der Waals surface area contributed by atoms with Crippen molar-refractivity contribution >= 4 is 33.7 Å². The molecule has 0 saturated heterocycles. The van der Waals surface area contributed by atoms with Crippen LogP contribution in [0.2, 0.25) is 0 Å². The number of carbonyl (C=O) groups is 1. The second kappa shape index (κ2) is 8.50. The van der Waals surface area contributed by atoms with Crippen LogP contribution >= 0.6 is 0 Å². The molecule has 0 spiro atoms. The van der Waals surface area contributed by atoms with Crippen molar-refractivity contribution in [2.24, 2.45) is 0 Å². The van der Waals surface area contributed by atoms with E-state index in [4.69, 9.17) is 4.42 Å². The van der Waals surface area contributed by atoms with Crippen LogP contribution < -0.4 is 10.9 Å². The standard InChI is InChI=1S/C26H24N6O3/c1-16-10-11-17(25-30-29-21-9-3-2-6-12-32(21)25)13-19(16)28-22(33)14-31-15-27-23-18-7-4-5-8-20(18)35-24(23)26(31)34/h4-5,7-8,10-11,13,15H,2-3,6,9,12,14H2,1H3,(H,28,33). The number of rotatable bonds is 4. The number of benzene rings is 2. The predicted molar refractivity (Wildman–Crippen MR) is 132 cm³/mol. The summed E-state index contributed by atoms with van der Waals surface area (Å²) in [5, 5.41) is 12.5. The van der Waals surface area contributed by atoms with Crippen molar-refractivity contribution in [3.8, 4) is 11.4 Å². The number of anilines is 1. The Morgan fingerprint density at radius 3 is 2.91 bits per heavy atom. The highest BCUT2D eigenvalue weighted by Gasteiger charge is 2.18. The Morgan fingerprint density at radius 2 is 2.00 bits per heavy atom. The molecule has 0 aliphatic carbocycles. The minimum Gasteiger partial charge on any atom is -0.448 e. The van der Waals surface area contributed by atoms with Gasteiger partial charge in [-0.25, -0.2) is 4.98 Å². The first-order valence-electron chi connectivity index (χ1n) is 11.8. The molecule has 6 rings (SSSR count). The van der Waals surface area contributed by atoms with Gasteiger partial charge in [0.25, 0.3) is 5.56 Å². The average molecular weight is 469 g/mol. The van der Waals surface area contributed by atoms with E-state index in [-0.39, 0.29) is 18.0 Å². The van der Waals surface area contributed by atoms with Gasteiger partial charge in [0, 0.05) is 29.6 Å². The third-order valence-electron chi connectivity index (χ3n) is 6.54. The number of hydrogen-bond acceptors (Lipinski definition) is 6. The van der Waals surface area contributed by atoms with E-state index >= 15 is 0 Å². The highest BCUT2D eigenvalue weighted by molar-refractivity contribution is 6.01. The van der Waals surface area contributed by atoms with Crippen LogP contribution in [0.4, 0.5) is 5.69 Å². The van der Waals surface area contributed by atoms with Crippen LogP contribution in [0.25, 0.3) is 33.5 Å². The number of aromatic nitrogens is 5. The minimum atomic E-state index is -0.391. The van der Waals surface area contributed by atoms with Gasteiger partial charge in [-0.1, -0.05) is 30.7 Å². The van der Waals surface area contributed by atoms with Gasteiger partial charge in [0.05, 0.1) is 6.33 Å². The molecule has 0 saturated carbocycles. The van der Waals surface area contributed by atoms with Crippen LogP contribution in [0.1, 0.15) is 30.7 Å². The van der Waals surface area contributed by atoms with Crippen LogP contribution in [0.15, 0.2) is 58.0 Å². The Kier molecular flexibility index (Phi) is 5.17. The Bertz CT molecular complexity index is 1640. The number of furan rings is 1. The average Bonchev–Trinajstić information content (AvgIpc) is 3.36. The molecule has 4 heterocycles. The molecule has 5 aromatic rings. The molecule has 2 aromatic carbocycles. The largest absolute Gasteiger partial charge is 0.448 e. The Morgan fingerprint density at radius 1 is 1.11 bits per heavy atom. The molecule has 176 valence electrons. The van der Waals surface area contributed by atoms with Crippen molar-refractivity contribution in [3.63, 3.8) is 0 Å². The van der Waals surface area contributed by atoms with Crippen molar-refractivity contribution in [3.05, 3.63) is 70.5 Å². The summed E-state index contributed by atoms with van der Waals surface area (Å²) in [4.78, 5) is 30.2. The van der Waals surface area contributed by atoms with Gasteiger partial charge >= 0.3 is 0 Å². The summed E-state index contributed by atoms with van der Waals surface area (Å²) < 4.78 is 9.15. The molecule has 0 bridgehead atoms. The van der Waals surface area contributed by atoms with E-state index in [1.54, 1.807) is 6.07 Å². The molecule has 1 N–H and O–H groups in total. The second-order valence-corrected chi connectivity index (χ2v) is 8.93. The van der Waals surface area contributed by atoms with Gasteiger partial charge in [0.2, 0.25) is 11.5 Å². The van der Waals surface area contributed by atoms with E-state index in [1.165, 1.54) is 17.3 Å². The summed E-state index contributed by atoms with van der Waals surface area (Å²) in [7, 11) is 0. The lowest BCUT2D eigenvalue weighted by Gasteiger charge is -2.12. The number of para-hydroxylation sites is 1. The van der Waals surface area contributed by atoms with E-state index < -0.39 is 5.56 Å². The number of amides is 1. The fourth-order valence-corrected chi connectivity index (χ4v) is 4.67. The lowest BCUT2D eigenvalue weighted by Crippen LogP contribution is -2.27. The zero-order valence-electron chi connectivity index (χ0n) is 19.3. The number of aryl methyl sites for hydroxylation is 2. The molecule has 0 radical (unpaired) electrons. The van der Waals surface area contributed by atoms with Crippen LogP contribution in [-0.4, -0.2) is 30.2 Å². The van der Waals surface area contributed by atoms with Gasteiger partial charge in [0.15, 0.2) is 5.82 Å². The quantitative estimate of drug-likeness (QED) is 0.426. The molecular formula is C26H24N6O3. The minimum absolute atomic E-state index is 0.146. The Hall–Kier alpha value is -4.27. The zero-order valence-corrected chi connectivity index (χ0v) is 19.3. The van der Waals surface area contributed by atoms with Crippen LogP contribution in [-0.2, 0) is 24.3 Å². The van der Waals surface area contributed by atoms with Crippen molar-refractivity contribution < 1.29 is 9.21 Å². The molecule has 1 aliphatic rings. The van der Waals surface area contributed by atoms with Crippen LogP contribution in [0, 0.1) is 6.92 Å². The number of carbonyl (C=O) groups excluding carboxylic acids is 1. The zero-order chi connectivity index (χ0) is 23.9. The first-order valence-corrected chi connectivity index (χ1v) is 11.8. The fourth-order valence-electron chi connectivity index (χ4n) is 4.67. The summed E-state index contributed by atoms with van der Waals surface area (Å²) in [6.45, 7) is 2.65. The molecule has 9 heteroatoms. The smallest absolute Gasteiger partial charge is 0.297 e. The topological polar surface area (TPSA) is 108 Å². The number of hydrogen-bond donors (Lipinski definition) is 1. The molecule has 0 fully saturated rings. The van der Waals surface area contributed by atoms with Gasteiger partial charge in [-0.2, -0.15) is 0 Å². The monoisotopic (exact) mass is 468 g/mol. The van der Waals surface area contributed by atoms with Crippen molar-refractivity contribution in [1.82, 2.24) is 24.3 Å². The van der Waals surface area contributed by atoms with Gasteiger partial charge in [-0.15, -0.1) is 10.2 Å². The van der Waals surface area contributed by atoms with E-state index in [2.05, 4.69) is 25.1 Å². The molecular weight excluding hydrogens is 444 g/mol. The highest BCUT2D eigenvalue weighted by Crippen LogP contribution is 2.27. The molecule has 3 aromatic heterocycles. The molecule has 35 heavy (non-hydrogen) atoms. The third kappa shape index (κ3) is 3.78. The van der Waals surface area contributed by atoms with E-state index in [0.29, 0.717) is 16.8 Å². The highest BCUT2D eigenvalue weighted by atomic mass is 16.3. The SMILES string of the molecule is Cc1ccc(-c2nnc3n2CCCCC3)cc1NC(=O)Cn1cnc2c(oc3ccccc32)c1=O. The predicted octanol–water partition coefficient (Wildman–Crippen LogP) is 4.07. The van der Waals surface area contributed by atoms with E-state index in [9.17, 15) is 9.59 Å².